The number of fused-ring (bicyclic) bond motifs is 1. The maximum Gasteiger partial charge on any atom is 0.282 e. The van der Waals surface area contributed by atoms with E-state index in [0.717, 1.165) is 6.42 Å². The van der Waals surface area contributed by atoms with Crippen LogP contribution in [0.25, 0.3) is 0 Å². The molecule has 148 valence electrons. The van der Waals surface area contributed by atoms with E-state index < -0.39 is 10.2 Å². The molecular weight excluding hydrogens is 356 g/mol. The SMILES string of the molecule is O=C(C1CC2CCCCC2N1)N1CCN(S(=O)(=O)N2CCOCC2)CC1. The van der Waals surface area contributed by atoms with E-state index in [1.165, 1.54) is 34.3 Å². The predicted molar refractivity (Wildman–Crippen MR) is 96.8 cm³/mol. The van der Waals surface area contributed by atoms with Gasteiger partial charge in [0.1, 0.15) is 0 Å². The van der Waals surface area contributed by atoms with Gasteiger partial charge < -0.3 is 15.0 Å². The molecule has 4 rings (SSSR count). The van der Waals surface area contributed by atoms with Gasteiger partial charge in [-0.2, -0.15) is 17.0 Å². The van der Waals surface area contributed by atoms with Crippen LogP contribution in [0.15, 0.2) is 0 Å². The molecule has 3 unspecified atom stereocenters. The van der Waals surface area contributed by atoms with Gasteiger partial charge in [0.15, 0.2) is 0 Å². The van der Waals surface area contributed by atoms with Crippen LogP contribution in [0.2, 0.25) is 0 Å². The van der Waals surface area contributed by atoms with Gasteiger partial charge >= 0.3 is 0 Å². The number of carbonyl (C=O) groups excluding carboxylic acids is 1. The maximum atomic E-state index is 12.9. The average Bonchev–Trinajstić information content (AvgIpc) is 3.12. The van der Waals surface area contributed by atoms with Gasteiger partial charge in [-0.3, -0.25) is 4.79 Å². The normalized spacial score (nSPS) is 34.6. The third kappa shape index (κ3) is 3.64. The van der Waals surface area contributed by atoms with Crippen LogP contribution in [-0.4, -0.2) is 92.4 Å². The van der Waals surface area contributed by atoms with Crippen LogP contribution in [0, 0.1) is 5.92 Å². The molecule has 0 aromatic heterocycles. The summed E-state index contributed by atoms with van der Waals surface area (Å²) in [6.07, 6.45) is 5.89. The summed E-state index contributed by atoms with van der Waals surface area (Å²) in [6, 6.07) is 0.422. The highest BCUT2D eigenvalue weighted by Crippen LogP contribution is 2.33. The number of amides is 1. The zero-order valence-electron chi connectivity index (χ0n) is 15.3. The van der Waals surface area contributed by atoms with Crippen LogP contribution in [0.3, 0.4) is 0 Å². The molecule has 1 aliphatic carbocycles. The maximum absolute atomic E-state index is 12.9. The fourth-order valence-corrected chi connectivity index (χ4v) is 6.37. The van der Waals surface area contributed by atoms with Gasteiger partial charge in [0, 0.05) is 45.3 Å². The monoisotopic (exact) mass is 386 g/mol. The lowest BCUT2D eigenvalue weighted by Gasteiger charge is -2.38. The molecule has 3 saturated heterocycles. The minimum atomic E-state index is -3.44. The zero-order chi connectivity index (χ0) is 18.1. The van der Waals surface area contributed by atoms with Crippen molar-refractivity contribution in [1.82, 2.24) is 18.8 Å². The molecule has 0 radical (unpaired) electrons. The Labute approximate surface area is 156 Å². The summed E-state index contributed by atoms with van der Waals surface area (Å²) < 4.78 is 33.7. The quantitative estimate of drug-likeness (QED) is 0.716. The second kappa shape index (κ2) is 7.71. The van der Waals surface area contributed by atoms with Crippen LogP contribution in [0.1, 0.15) is 32.1 Å². The zero-order valence-corrected chi connectivity index (χ0v) is 16.1. The Balaban J connectivity index is 1.31. The molecule has 1 amide bonds. The van der Waals surface area contributed by atoms with Crippen LogP contribution in [0.5, 0.6) is 0 Å². The first-order valence-electron chi connectivity index (χ1n) is 9.93. The average molecular weight is 387 g/mol. The lowest BCUT2D eigenvalue weighted by molar-refractivity contribution is -0.134. The van der Waals surface area contributed by atoms with Crippen LogP contribution in [-0.2, 0) is 19.7 Å². The standard InChI is InChI=1S/C17H30N4O4S/c22-17(16-13-14-3-1-2-4-15(14)18-16)19-5-7-20(8-6-19)26(23,24)21-9-11-25-12-10-21/h14-16,18H,1-13H2. The first-order chi connectivity index (χ1) is 12.6. The van der Waals surface area contributed by atoms with Gasteiger partial charge in [0.25, 0.3) is 10.2 Å². The molecule has 4 fully saturated rings. The van der Waals surface area contributed by atoms with Crippen molar-refractivity contribution in [3.8, 4) is 0 Å². The largest absolute Gasteiger partial charge is 0.379 e. The molecular formula is C17H30N4O4S. The van der Waals surface area contributed by atoms with Crippen molar-refractivity contribution in [2.75, 3.05) is 52.5 Å². The van der Waals surface area contributed by atoms with E-state index in [4.69, 9.17) is 4.74 Å². The molecule has 0 bridgehead atoms. The van der Waals surface area contributed by atoms with Gasteiger partial charge in [-0.1, -0.05) is 12.8 Å². The number of rotatable bonds is 3. The van der Waals surface area contributed by atoms with Crippen molar-refractivity contribution in [1.29, 1.82) is 0 Å². The molecule has 9 heteroatoms. The number of nitrogens with zero attached hydrogens (tertiary/aromatic N) is 3. The van der Waals surface area contributed by atoms with Crippen molar-refractivity contribution in [3.63, 3.8) is 0 Å². The predicted octanol–water partition coefficient (Wildman–Crippen LogP) is -0.372. The number of morpholine rings is 1. The number of piperazine rings is 1. The van der Waals surface area contributed by atoms with Crippen molar-refractivity contribution < 1.29 is 17.9 Å². The molecule has 8 nitrogen and oxygen atoms in total. The molecule has 3 atom stereocenters. The van der Waals surface area contributed by atoms with Gasteiger partial charge in [0.2, 0.25) is 5.91 Å². The molecule has 4 aliphatic rings. The summed E-state index contributed by atoms with van der Waals surface area (Å²) in [5.41, 5.74) is 0. The van der Waals surface area contributed by atoms with Crippen molar-refractivity contribution in [2.24, 2.45) is 5.92 Å². The van der Waals surface area contributed by atoms with E-state index in [-0.39, 0.29) is 11.9 Å². The summed E-state index contributed by atoms with van der Waals surface area (Å²) in [4.78, 5) is 14.7. The summed E-state index contributed by atoms with van der Waals surface area (Å²) >= 11 is 0. The van der Waals surface area contributed by atoms with Gasteiger partial charge in [-0.25, -0.2) is 0 Å². The molecule has 0 aromatic carbocycles. The van der Waals surface area contributed by atoms with Gasteiger partial charge in [-0.15, -0.1) is 0 Å². The van der Waals surface area contributed by atoms with E-state index in [1.54, 1.807) is 0 Å². The summed E-state index contributed by atoms with van der Waals surface area (Å²) in [5.74, 6) is 0.795. The highest BCUT2D eigenvalue weighted by atomic mass is 32.2. The number of hydrogen-bond donors (Lipinski definition) is 1. The lowest BCUT2D eigenvalue weighted by Crippen LogP contribution is -2.57. The Morgan fingerprint density at radius 2 is 1.58 bits per heavy atom. The van der Waals surface area contributed by atoms with Crippen LogP contribution in [0.4, 0.5) is 0 Å². The highest BCUT2D eigenvalue weighted by molar-refractivity contribution is 7.86. The van der Waals surface area contributed by atoms with Gasteiger partial charge in [-0.05, 0) is 25.2 Å². The van der Waals surface area contributed by atoms with Crippen molar-refractivity contribution in [3.05, 3.63) is 0 Å². The molecule has 26 heavy (non-hydrogen) atoms. The summed E-state index contributed by atoms with van der Waals surface area (Å²) in [6.45, 7) is 3.45. The lowest BCUT2D eigenvalue weighted by atomic mass is 9.85. The summed E-state index contributed by atoms with van der Waals surface area (Å²) in [7, 11) is -3.44. The molecule has 3 heterocycles. The molecule has 1 saturated carbocycles. The molecule has 0 aromatic rings. The van der Waals surface area contributed by atoms with E-state index >= 15 is 0 Å². The Kier molecular flexibility index (Phi) is 5.52. The third-order valence-corrected chi connectivity index (χ3v) is 8.37. The van der Waals surface area contributed by atoms with E-state index in [0.29, 0.717) is 64.4 Å². The first-order valence-corrected chi connectivity index (χ1v) is 11.3. The van der Waals surface area contributed by atoms with Crippen LogP contribution >= 0.6 is 0 Å². The van der Waals surface area contributed by atoms with E-state index in [9.17, 15) is 13.2 Å². The Hall–Kier alpha value is -0.740. The molecule has 1 N–H and O–H groups in total. The molecule has 0 spiro atoms. The minimum absolute atomic E-state index is 0.0782. The Bertz CT molecular complexity index is 600. The smallest absolute Gasteiger partial charge is 0.282 e. The third-order valence-electron chi connectivity index (χ3n) is 6.33. The second-order valence-electron chi connectivity index (χ2n) is 7.85. The molecule has 3 aliphatic heterocycles. The Morgan fingerprint density at radius 1 is 0.923 bits per heavy atom. The van der Waals surface area contributed by atoms with Gasteiger partial charge in [0.05, 0.1) is 19.3 Å². The number of nitrogens with one attached hydrogen (secondary N) is 1. The van der Waals surface area contributed by atoms with Crippen LogP contribution < -0.4 is 5.32 Å². The van der Waals surface area contributed by atoms with Crippen molar-refractivity contribution in [2.45, 2.75) is 44.2 Å². The minimum Gasteiger partial charge on any atom is -0.379 e. The first kappa shape index (κ1) is 18.6. The van der Waals surface area contributed by atoms with Crippen molar-refractivity contribution >= 4 is 16.1 Å². The number of hydrogen-bond acceptors (Lipinski definition) is 5. The number of carbonyl (C=O) groups is 1. The van der Waals surface area contributed by atoms with E-state index in [1.807, 2.05) is 4.90 Å². The topological polar surface area (TPSA) is 82.2 Å². The highest BCUT2D eigenvalue weighted by Gasteiger charge is 2.41. The number of ether oxygens (including phenoxy) is 1. The van der Waals surface area contributed by atoms with E-state index in [2.05, 4.69) is 5.32 Å². The fraction of sp³-hybridized carbons (Fsp3) is 0.941. The second-order valence-corrected chi connectivity index (χ2v) is 9.78. The Morgan fingerprint density at radius 3 is 2.27 bits per heavy atom. The fourth-order valence-electron chi connectivity index (χ4n) is 4.81. The summed E-state index contributed by atoms with van der Waals surface area (Å²) in [5, 5.41) is 3.54.